The van der Waals surface area contributed by atoms with Gasteiger partial charge in [0, 0.05) is 47.6 Å². The summed E-state index contributed by atoms with van der Waals surface area (Å²) >= 11 is 0. The van der Waals surface area contributed by atoms with E-state index < -0.39 is 6.29 Å². The van der Waals surface area contributed by atoms with Crippen LogP contribution in [0.15, 0.2) is 24.9 Å². The second-order valence-corrected chi connectivity index (χ2v) is 6.78. The fourth-order valence-electron chi connectivity index (χ4n) is 3.69. The number of hydrazine groups is 1. The molecule has 1 rings (SSSR count). The average molecular weight is 373 g/mol. The lowest BCUT2D eigenvalue weighted by Gasteiger charge is -2.45. The maximum absolute atomic E-state index is 10.2. The Morgan fingerprint density at radius 3 is 2.46 bits per heavy atom. The van der Waals surface area contributed by atoms with E-state index in [1.54, 1.807) is 27.5 Å². The highest BCUT2D eigenvalue weighted by molar-refractivity contribution is 5.15. The van der Waals surface area contributed by atoms with Gasteiger partial charge < -0.3 is 29.1 Å². The number of hydrogen-bond donors (Lipinski definition) is 1. The summed E-state index contributed by atoms with van der Waals surface area (Å²) in [6.07, 6.45) is 3.84. The van der Waals surface area contributed by atoms with Crippen LogP contribution >= 0.6 is 0 Å². The zero-order chi connectivity index (χ0) is 19.6. The third-order valence-corrected chi connectivity index (χ3v) is 4.81. The molecule has 0 aromatic carbocycles. The molecular formula is C19H36N2O5. The molecule has 7 heteroatoms. The summed E-state index contributed by atoms with van der Waals surface area (Å²) in [5.74, 6) is 0. The van der Waals surface area contributed by atoms with Crippen molar-refractivity contribution in [3.8, 4) is 0 Å². The van der Waals surface area contributed by atoms with Crippen molar-refractivity contribution >= 4 is 0 Å². The third kappa shape index (κ3) is 6.04. The Labute approximate surface area is 158 Å². The molecular weight excluding hydrogens is 336 g/mol. The van der Waals surface area contributed by atoms with Crippen molar-refractivity contribution in [1.82, 2.24) is 10.0 Å². The molecule has 0 bridgehead atoms. The summed E-state index contributed by atoms with van der Waals surface area (Å²) in [6.45, 7) is 10.3. The predicted molar refractivity (Wildman–Crippen MR) is 102 cm³/mol. The number of aliphatic hydroxyl groups excluding tert-OH is 1. The fraction of sp³-hybridized carbons (Fsp3) is 0.789. The predicted octanol–water partition coefficient (Wildman–Crippen LogP) is 1.79. The van der Waals surface area contributed by atoms with Gasteiger partial charge in [0.15, 0.2) is 6.29 Å². The average Bonchev–Trinajstić information content (AvgIpc) is 2.98. The molecule has 2 atom stereocenters. The van der Waals surface area contributed by atoms with Crippen molar-refractivity contribution in [3.05, 3.63) is 24.9 Å². The van der Waals surface area contributed by atoms with Crippen molar-refractivity contribution in [2.24, 2.45) is 0 Å². The van der Waals surface area contributed by atoms with Crippen LogP contribution in [0.25, 0.3) is 0 Å². The number of rotatable bonds is 14. The quantitative estimate of drug-likeness (QED) is 0.283. The Kier molecular flexibility index (Phi) is 10.4. The van der Waals surface area contributed by atoms with E-state index in [-0.39, 0.29) is 11.6 Å². The lowest BCUT2D eigenvalue weighted by atomic mass is 9.99. The van der Waals surface area contributed by atoms with Crippen LogP contribution in [0, 0.1) is 0 Å². The molecule has 0 aromatic rings. The van der Waals surface area contributed by atoms with E-state index in [9.17, 15) is 5.11 Å². The lowest BCUT2D eigenvalue weighted by Crippen LogP contribution is -2.58. The lowest BCUT2D eigenvalue weighted by molar-refractivity contribution is -0.119. The molecule has 1 saturated heterocycles. The molecule has 0 saturated carbocycles. The minimum atomic E-state index is -0.866. The van der Waals surface area contributed by atoms with Crippen molar-refractivity contribution < 1.29 is 24.1 Å². The Morgan fingerprint density at radius 1 is 1.27 bits per heavy atom. The normalized spacial score (nSPS) is 20.9. The number of nitrogens with zero attached hydrogens (tertiary/aromatic N) is 2. The van der Waals surface area contributed by atoms with Gasteiger partial charge in [0.1, 0.15) is 0 Å². The molecule has 1 N–H and O–H groups in total. The second kappa shape index (κ2) is 11.7. The minimum Gasteiger partial charge on any atom is -0.385 e. The standard InChI is InChI=1S/C19H36N2O5/c1-7-20(3)21-17(9-10-19(21,14-24-5)15-25-6)16(2)13-18(22)26-12-8-11-23-4/h7,17-18,22H,1-2,8-15H2,3-6H3/t17-,18?/m1/s1. The van der Waals surface area contributed by atoms with Gasteiger partial charge in [-0.25, -0.2) is 5.01 Å². The van der Waals surface area contributed by atoms with Crippen LogP contribution in [0.1, 0.15) is 25.7 Å². The highest BCUT2D eigenvalue weighted by Gasteiger charge is 2.49. The molecule has 0 aliphatic carbocycles. The van der Waals surface area contributed by atoms with Crippen LogP contribution < -0.4 is 0 Å². The smallest absolute Gasteiger partial charge is 0.158 e. The first kappa shape index (κ1) is 23.1. The molecule has 7 nitrogen and oxygen atoms in total. The van der Waals surface area contributed by atoms with Gasteiger partial charge in [-0.2, -0.15) is 0 Å². The Balaban J connectivity index is 2.79. The van der Waals surface area contributed by atoms with Gasteiger partial charge >= 0.3 is 0 Å². The second-order valence-electron chi connectivity index (χ2n) is 6.78. The molecule has 0 radical (unpaired) electrons. The fourth-order valence-corrected chi connectivity index (χ4v) is 3.69. The maximum atomic E-state index is 10.2. The molecule has 1 aliphatic heterocycles. The largest absolute Gasteiger partial charge is 0.385 e. The van der Waals surface area contributed by atoms with Gasteiger partial charge in [-0.05, 0) is 19.3 Å². The third-order valence-electron chi connectivity index (χ3n) is 4.81. The SMILES string of the molecule is C=CN(C)N1[C@@H](C(=C)CC(O)OCCCOC)CCC1(COC)COC. The zero-order valence-corrected chi connectivity index (χ0v) is 16.8. The number of hydrogen-bond acceptors (Lipinski definition) is 7. The van der Waals surface area contributed by atoms with Crippen molar-refractivity contribution in [3.63, 3.8) is 0 Å². The molecule has 26 heavy (non-hydrogen) atoms. The van der Waals surface area contributed by atoms with Gasteiger partial charge in [-0.3, -0.25) is 0 Å². The van der Waals surface area contributed by atoms with Crippen LogP contribution in [0.3, 0.4) is 0 Å². The highest BCUT2D eigenvalue weighted by atomic mass is 16.6. The first-order valence-electron chi connectivity index (χ1n) is 9.04. The van der Waals surface area contributed by atoms with Crippen LogP contribution in [0.4, 0.5) is 0 Å². The van der Waals surface area contributed by atoms with E-state index in [0.717, 1.165) is 24.8 Å². The van der Waals surface area contributed by atoms with Gasteiger partial charge in [-0.15, -0.1) is 0 Å². The zero-order valence-electron chi connectivity index (χ0n) is 16.8. The number of aliphatic hydroxyl groups is 1. The molecule has 1 heterocycles. The molecule has 0 amide bonds. The van der Waals surface area contributed by atoms with Crippen molar-refractivity contribution in [2.45, 2.75) is 43.6 Å². The molecule has 0 spiro atoms. The van der Waals surface area contributed by atoms with E-state index in [1.165, 1.54) is 0 Å². The van der Waals surface area contributed by atoms with Crippen LogP contribution in [-0.2, 0) is 18.9 Å². The van der Waals surface area contributed by atoms with Gasteiger partial charge in [-0.1, -0.05) is 18.7 Å². The Hall–Kier alpha value is -0.960. The molecule has 1 unspecified atom stereocenters. The summed E-state index contributed by atoms with van der Waals surface area (Å²) in [5, 5.41) is 14.4. The van der Waals surface area contributed by atoms with Crippen LogP contribution in [0.2, 0.25) is 0 Å². The molecule has 1 fully saturated rings. The van der Waals surface area contributed by atoms with E-state index in [2.05, 4.69) is 18.2 Å². The van der Waals surface area contributed by atoms with E-state index in [4.69, 9.17) is 18.9 Å². The number of methoxy groups -OCH3 is 3. The van der Waals surface area contributed by atoms with E-state index >= 15 is 0 Å². The Morgan fingerprint density at radius 2 is 1.92 bits per heavy atom. The first-order chi connectivity index (χ1) is 12.5. The van der Waals surface area contributed by atoms with E-state index in [0.29, 0.717) is 32.8 Å². The van der Waals surface area contributed by atoms with E-state index in [1.807, 2.05) is 12.1 Å². The summed E-state index contributed by atoms with van der Waals surface area (Å²) in [5.41, 5.74) is 0.636. The molecule has 152 valence electrons. The van der Waals surface area contributed by atoms with Gasteiger partial charge in [0.2, 0.25) is 0 Å². The topological polar surface area (TPSA) is 63.6 Å². The minimum absolute atomic E-state index is 0.0560. The van der Waals surface area contributed by atoms with Crippen LogP contribution in [0.5, 0.6) is 0 Å². The summed E-state index contributed by atoms with van der Waals surface area (Å²) < 4.78 is 21.4. The summed E-state index contributed by atoms with van der Waals surface area (Å²) in [7, 11) is 7.00. The highest BCUT2D eigenvalue weighted by Crippen LogP contribution is 2.39. The summed E-state index contributed by atoms with van der Waals surface area (Å²) in [4.78, 5) is 0. The van der Waals surface area contributed by atoms with Crippen LogP contribution in [-0.4, -0.2) is 87.8 Å². The van der Waals surface area contributed by atoms with Crippen molar-refractivity contribution in [1.29, 1.82) is 0 Å². The van der Waals surface area contributed by atoms with Crippen molar-refractivity contribution in [2.75, 3.05) is 54.8 Å². The van der Waals surface area contributed by atoms with Gasteiger partial charge in [0.05, 0.1) is 31.4 Å². The van der Waals surface area contributed by atoms with Gasteiger partial charge in [0.25, 0.3) is 0 Å². The molecule has 0 aromatic heterocycles. The Bertz CT molecular complexity index is 426. The first-order valence-corrected chi connectivity index (χ1v) is 9.04. The summed E-state index contributed by atoms with van der Waals surface area (Å²) in [6, 6.07) is 0.0560. The maximum Gasteiger partial charge on any atom is 0.158 e. The molecule has 1 aliphatic rings. The number of ether oxygens (including phenoxy) is 4. The monoisotopic (exact) mass is 372 g/mol.